The zero-order chi connectivity index (χ0) is 11.2. The average Bonchev–Trinajstić information content (AvgIpc) is 2.13. The number of rotatable bonds is 4. The van der Waals surface area contributed by atoms with Crippen LogP contribution in [0.2, 0.25) is 0 Å². The van der Waals surface area contributed by atoms with Gasteiger partial charge in [0.25, 0.3) is 0 Å². The lowest BCUT2D eigenvalue weighted by molar-refractivity contribution is -0.128. The summed E-state index contributed by atoms with van der Waals surface area (Å²) in [5, 5.41) is 0. The summed E-state index contributed by atoms with van der Waals surface area (Å²) in [6, 6.07) is 0. The molecule has 0 aromatic carbocycles. The molecule has 0 aromatic heterocycles. The van der Waals surface area contributed by atoms with Crippen molar-refractivity contribution in [2.45, 2.75) is 45.4 Å². The minimum Gasteiger partial charge on any atom is -0.370 e. The van der Waals surface area contributed by atoms with Crippen molar-refractivity contribution in [3.63, 3.8) is 0 Å². The first kappa shape index (κ1) is 11.4. The van der Waals surface area contributed by atoms with E-state index in [-0.39, 0.29) is 0 Å². The molecule has 4 fully saturated rings. The molecule has 0 N–H and O–H groups in total. The van der Waals surface area contributed by atoms with Gasteiger partial charge in [-0.25, -0.2) is 0 Å². The van der Waals surface area contributed by atoms with Crippen molar-refractivity contribution < 1.29 is 4.74 Å². The summed E-state index contributed by atoms with van der Waals surface area (Å²) in [4.78, 5) is 0. The van der Waals surface area contributed by atoms with Crippen LogP contribution in [0.3, 0.4) is 0 Å². The second kappa shape index (κ2) is 3.91. The van der Waals surface area contributed by atoms with Gasteiger partial charge in [-0.2, -0.15) is 0 Å². The lowest BCUT2D eigenvalue weighted by Gasteiger charge is -2.61. The second-order valence-electron chi connectivity index (χ2n) is 7.03. The van der Waals surface area contributed by atoms with Crippen LogP contribution in [0.25, 0.3) is 0 Å². The highest BCUT2D eigenvalue weighted by Crippen LogP contribution is 2.65. The van der Waals surface area contributed by atoms with Gasteiger partial charge in [-0.15, -0.1) is 11.8 Å². The van der Waals surface area contributed by atoms with Gasteiger partial charge in [-0.3, -0.25) is 0 Å². The van der Waals surface area contributed by atoms with Crippen LogP contribution in [0.5, 0.6) is 0 Å². The fraction of sp³-hybridized carbons (Fsp3) is 1.00. The maximum atomic E-state index is 5.88. The zero-order valence-electron chi connectivity index (χ0n) is 10.6. The molecule has 2 atom stereocenters. The first-order valence-corrected chi connectivity index (χ1v) is 8.09. The van der Waals surface area contributed by atoms with E-state index in [0.717, 1.165) is 24.4 Å². The Bertz CT molecular complexity index is 262. The Labute approximate surface area is 104 Å². The summed E-state index contributed by atoms with van der Waals surface area (Å²) >= 11 is 1.81. The van der Waals surface area contributed by atoms with Crippen LogP contribution in [0.15, 0.2) is 0 Å². The number of thioether (sulfide) groups is 1. The number of hydrogen-bond donors (Lipinski definition) is 0. The molecule has 16 heavy (non-hydrogen) atoms. The average molecular weight is 240 g/mol. The SMILES string of the molecule is CSCOCC12CC3CC(CC(C)(C3)C1)C2. The lowest BCUT2D eigenvalue weighted by atomic mass is 9.45. The van der Waals surface area contributed by atoms with Gasteiger partial charge in [0.2, 0.25) is 0 Å². The summed E-state index contributed by atoms with van der Waals surface area (Å²) in [6.07, 6.45) is 11.0. The van der Waals surface area contributed by atoms with Crippen LogP contribution in [0.4, 0.5) is 0 Å². The molecule has 0 heterocycles. The largest absolute Gasteiger partial charge is 0.370 e. The Morgan fingerprint density at radius 3 is 2.44 bits per heavy atom. The fourth-order valence-corrected chi connectivity index (χ4v) is 5.69. The Hall–Kier alpha value is 0.310. The normalized spacial score (nSPS) is 49.9. The Balaban J connectivity index is 1.71. The van der Waals surface area contributed by atoms with Gasteiger partial charge in [-0.05, 0) is 67.4 Å². The minimum absolute atomic E-state index is 0.578. The molecule has 4 rings (SSSR count). The van der Waals surface area contributed by atoms with Gasteiger partial charge in [0.05, 0.1) is 12.5 Å². The van der Waals surface area contributed by atoms with Gasteiger partial charge in [0, 0.05) is 0 Å². The molecular weight excluding hydrogens is 216 g/mol. The van der Waals surface area contributed by atoms with E-state index in [1.807, 2.05) is 11.8 Å². The molecule has 92 valence electrons. The van der Waals surface area contributed by atoms with E-state index in [1.54, 1.807) is 0 Å². The topological polar surface area (TPSA) is 9.23 Å². The maximum Gasteiger partial charge on any atom is 0.0918 e. The highest BCUT2D eigenvalue weighted by Gasteiger charge is 2.55. The summed E-state index contributed by atoms with van der Waals surface area (Å²) in [7, 11) is 0. The molecule has 4 aliphatic carbocycles. The van der Waals surface area contributed by atoms with Crippen LogP contribution in [0, 0.1) is 22.7 Å². The molecule has 4 aliphatic rings. The maximum absolute atomic E-state index is 5.88. The molecule has 2 unspecified atom stereocenters. The van der Waals surface area contributed by atoms with Crippen LogP contribution in [-0.2, 0) is 4.74 Å². The van der Waals surface area contributed by atoms with Gasteiger partial charge in [0.15, 0.2) is 0 Å². The van der Waals surface area contributed by atoms with Gasteiger partial charge in [0.1, 0.15) is 0 Å². The Morgan fingerprint density at radius 2 is 1.88 bits per heavy atom. The van der Waals surface area contributed by atoms with Crippen LogP contribution >= 0.6 is 11.8 Å². The molecule has 0 aromatic rings. The molecule has 4 saturated carbocycles. The highest BCUT2D eigenvalue weighted by molar-refractivity contribution is 7.98. The summed E-state index contributed by atoms with van der Waals surface area (Å²) in [5.41, 5.74) is 1.25. The standard InChI is InChI=1S/C14H24OS/c1-13-4-11-3-12(5-13)7-14(6-11,8-13)9-15-10-16-2/h11-12H,3-10H2,1-2H3. The van der Waals surface area contributed by atoms with Gasteiger partial charge in [-0.1, -0.05) is 6.92 Å². The van der Waals surface area contributed by atoms with E-state index in [0.29, 0.717) is 10.8 Å². The number of hydrogen-bond acceptors (Lipinski definition) is 2. The van der Waals surface area contributed by atoms with Crippen LogP contribution in [-0.4, -0.2) is 18.8 Å². The third-order valence-corrected chi connectivity index (χ3v) is 5.49. The molecule has 0 aliphatic heterocycles. The van der Waals surface area contributed by atoms with Crippen molar-refractivity contribution in [2.24, 2.45) is 22.7 Å². The van der Waals surface area contributed by atoms with Crippen molar-refractivity contribution in [1.29, 1.82) is 0 Å². The molecular formula is C14H24OS. The van der Waals surface area contributed by atoms with E-state index in [2.05, 4.69) is 13.2 Å². The zero-order valence-corrected chi connectivity index (χ0v) is 11.4. The van der Waals surface area contributed by atoms with E-state index in [1.165, 1.54) is 38.5 Å². The third-order valence-electron chi connectivity index (χ3n) is 5.08. The molecule has 1 nitrogen and oxygen atoms in total. The van der Waals surface area contributed by atoms with E-state index < -0.39 is 0 Å². The predicted molar refractivity (Wildman–Crippen MR) is 69.6 cm³/mol. The Kier molecular flexibility index (Phi) is 2.79. The van der Waals surface area contributed by atoms with E-state index >= 15 is 0 Å². The quantitative estimate of drug-likeness (QED) is 0.544. The first-order chi connectivity index (χ1) is 7.63. The minimum atomic E-state index is 0.578. The molecule has 0 radical (unpaired) electrons. The van der Waals surface area contributed by atoms with Gasteiger partial charge >= 0.3 is 0 Å². The van der Waals surface area contributed by atoms with Crippen LogP contribution < -0.4 is 0 Å². The molecule has 4 bridgehead atoms. The molecule has 0 spiro atoms. The molecule has 0 amide bonds. The summed E-state index contributed by atoms with van der Waals surface area (Å²) in [6.45, 7) is 3.57. The molecule has 0 saturated heterocycles. The second-order valence-corrected chi connectivity index (χ2v) is 7.84. The smallest absolute Gasteiger partial charge is 0.0918 e. The summed E-state index contributed by atoms with van der Waals surface area (Å²) in [5.74, 6) is 2.95. The van der Waals surface area contributed by atoms with Crippen molar-refractivity contribution in [1.82, 2.24) is 0 Å². The highest BCUT2D eigenvalue weighted by atomic mass is 32.2. The Morgan fingerprint density at radius 1 is 1.19 bits per heavy atom. The van der Waals surface area contributed by atoms with Crippen LogP contribution in [0.1, 0.15) is 45.4 Å². The number of ether oxygens (including phenoxy) is 1. The fourth-order valence-electron chi connectivity index (χ4n) is 5.44. The monoisotopic (exact) mass is 240 g/mol. The van der Waals surface area contributed by atoms with E-state index in [9.17, 15) is 0 Å². The van der Waals surface area contributed by atoms with Crippen molar-refractivity contribution >= 4 is 11.8 Å². The predicted octanol–water partition coefficient (Wildman–Crippen LogP) is 3.93. The van der Waals surface area contributed by atoms with Crippen molar-refractivity contribution in [3.8, 4) is 0 Å². The lowest BCUT2D eigenvalue weighted by Crippen LogP contribution is -2.52. The summed E-state index contributed by atoms with van der Waals surface area (Å²) < 4.78 is 5.88. The van der Waals surface area contributed by atoms with Crippen molar-refractivity contribution in [3.05, 3.63) is 0 Å². The van der Waals surface area contributed by atoms with Crippen molar-refractivity contribution in [2.75, 3.05) is 18.8 Å². The van der Waals surface area contributed by atoms with Gasteiger partial charge < -0.3 is 4.74 Å². The molecule has 2 heteroatoms. The van der Waals surface area contributed by atoms with E-state index in [4.69, 9.17) is 4.74 Å². The third kappa shape index (κ3) is 1.92. The first-order valence-electron chi connectivity index (χ1n) is 6.70.